The lowest BCUT2D eigenvalue weighted by Gasteiger charge is -2.10. The molecule has 0 heterocycles. The quantitative estimate of drug-likeness (QED) is 0.609. The van der Waals surface area contributed by atoms with E-state index in [0.717, 1.165) is 18.6 Å². The van der Waals surface area contributed by atoms with Crippen LogP contribution >= 0.6 is 11.8 Å². The van der Waals surface area contributed by atoms with Crippen LogP contribution in [-0.4, -0.2) is 35.0 Å². The third-order valence-corrected chi connectivity index (χ3v) is 3.31. The van der Waals surface area contributed by atoms with Crippen LogP contribution < -0.4 is 5.32 Å². The molecule has 5 heteroatoms. The van der Waals surface area contributed by atoms with E-state index >= 15 is 0 Å². The summed E-state index contributed by atoms with van der Waals surface area (Å²) in [5.74, 6) is 0.0302. The summed E-state index contributed by atoms with van der Waals surface area (Å²) >= 11 is 1.59. The maximum Gasteiger partial charge on any atom is 0.308 e. The minimum absolute atomic E-state index is 0.0687. The first kappa shape index (κ1) is 15.3. The largest absolute Gasteiger partial charge is 0.481 e. The standard InChI is InChI=1S/C11H21NO3S/c1-3-5-6-16-8-10(13)12-7-9(4-2)11(14)15/h9H,3-8H2,1-2H3,(H,12,13)(H,14,15). The Labute approximate surface area is 101 Å². The van der Waals surface area contributed by atoms with Crippen LogP contribution in [0.25, 0.3) is 0 Å². The molecule has 0 aromatic heterocycles. The lowest BCUT2D eigenvalue weighted by atomic mass is 10.1. The van der Waals surface area contributed by atoms with Gasteiger partial charge in [0.2, 0.25) is 5.91 Å². The molecule has 0 fully saturated rings. The molecule has 0 aliphatic rings. The van der Waals surface area contributed by atoms with E-state index in [2.05, 4.69) is 12.2 Å². The average Bonchev–Trinajstić information content (AvgIpc) is 2.25. The van der Waals surface area contributed by atoms with E-state index in [1.54, 1.807) is 18.7 Å². The molecule has 0 rings (SSSR count). The summed E-state index contributed by atoms with van der Waals surface area (Å²) in [6.07, 6.45) is 2.79. The fourth-order valence-corrected chi connectivity index (χ4v) is 2.03. The van der Waals surface area contributed by atoms with Crippen LogP contribution in [0.15, 0.2) is 0 Å². The van der Waals surface area contributed by atoms with Crippen molar-refractivity contribution in [3.05, 3.63) is 0 Å². The molecule has 0 saturated carbocycles. The van der Waals surface area contributed by atoms with Crippen LogP contribution in [0.1, 0.15) is 33.1 Å². The Morgan fingerprint density at radius 3 is 2.56 bits per heavy atom. The van der Waals surface area contributed by atoms with E-state index in [4.69, 9.17) is 5.11 Å². The van der Waals surface area contributed by atoms with Crippen LogP contribution in [0.5, 0.6) is 0 Å². The predicted molar refractivity (Wildman–Crippen MR) is 66.7 cm³/mol. The number of unbranched alkanes of at least 4 members (excludes halogenated alkanes) is 1. The van der Waals surface area contributed by atoms with Gasteiger partial charge in [-0.2, -0.15) is 11.8 Å². The monoisotopic (exact) mass is 247 g/mol. The molecule has 0 radical (unpaired) electrons. The summed E-state index contributed by atoms with van der Waals surface area (Å²) < 4.78 is 0. The molecule has 0 aliphatic carbocycles. The summed E-state index contributed by atoms with van der Waals surface area (Å²) in [5, 5.41) is 11.4. The molecule has 0 aliphatic heterocycles. The first-order valence-corrected chi connectivity index (χ1v) is 6.84. The van der Waals surface area contributed by atoms with Crippen molar-refractivity contribution in [2.24, 2.45) is 5.92 Å². The van der Waals surface area contributed by atoms with Gasteiger partial charge >= 0.3 is 5.97 Å². The molecule has 4 nitrogen and oxygen atoms in total. The first-order valence-electron chi connectivity index (χ1n) is 5.69. The number of hydrogen-bond donors (Lipinski definition) is 2. The number of thioether (sulfide) groups is 1. The molecule has 0 aromatic rings. The Kier molecular flexibility index (Phi) is 9.09. The van der Waals surface area contributed by atoms with Crippen molar-refractivity contribution in [3.63, 3.8) is 0 Å². The van der Waals surface area contributed by atoms with E-state index in [-0.39, 0.29) is 12.5 Å². The average molecular weight is 247 g/mol. The fourth-order valence-electron chi connectivity index (χ4n) is 1.11. The van der Waals surface area contributed by atoms with Gasteiger partial charge in [-0.05, 0) is 18.6 Å². The Morgan fingerprint density at radius 2 is 2.06 bits per heavy atom. The fraction of sp³-hybridized carbons (Fsp3) is 0.818. The molecule has 1 unspecified atom stereocenters. The SMILES string of the molecule is CCCCSCC(=O)NCC(CC)C(=O)O. The van der Waals surface area contributed by atoms with Gasteiger partial charge in [-0.15, -0.1) is 0 Å². The molecule has 0 spiro atoms. The number of hydrogen-bond acceptors (Lipinski definition) is 3. The van der Waals surface area contributed by atoms with E-state index in [9.17, 15) is 9.59 Å². The van der Waals surface area contributed by atoms with Gasteiger partial charge in [-0.3, -0.25) is 9.59 Å². The maximum absolute atomic E-state index is 11.3. The van der Waals surface area contributed by atoms with Crippen molar-refractivity contribution in [3.8, 4) is 0 Å². The number of carbonyl (C=O) groups is 2. The molecule has 1 amide bonds. The molecular formula is C11H21NO3S. The van der Waals surface area contributed by atoms with Crippen LogP contribution in [-0.2, 0) is 9.59 Å². The number of carboxylic acid groups (broad SMARTS) is 1. The molecule has 94 valence electrons. The van der Waals surface area contributed by atoms with Crippen LogP contribution in [0, 0.1) is 5.92 Å². The Morgan fingerprint density at radius 1 is 1.38 bits per heavy atom. The van der Waals surface area contributed by atoms with Crippen LogP contribution in [0.3, 0.4) is 0 Å². The highest BCUT2D eigenvalue weighted by Gasteiger charge is 2.15. The van der Waals surface area contributed by atoms with Crippen molar-refractivity contribution in [2.45, 2.75) is 33.1 Å². The third kappa shape index (κ3) is 7.56. The van der Waals surface area contributed by atoms with Crippen molar-refractivity contribution in [1.82, 2.24) is 5.32 Å². The van der Waals surface area contributed by atoms with Crippen molar-refractivity contribution < 1.29 is 14.7 Å². The summed E-state index contributed by atoms with van der Waals surface area (Å²) in [5.41, 5.74) is 0. The molecular weight excluding hydrogens is 226 g/mol. The molecule has 0 aromatic carbocycles. The summed E-state index contributed by atoms with van der Waals surface area (Å²) in [7, 11) is 0. The minimum Gasteiger partial charge on any atom is -0.481 e. The van der Waals surface area contributed by atoms with Crippen molar-refractivity contribution >= 4 is 23.6 Å². The number of amides is 1. The van der Waals surface area contributed by atoms with Gasteiger partial charge in [0.25, 0.3) is 0 Å². The molecule has 0 bridgehead atoms. The summed E-state index contributed by atoms with van der Waals surface area (Å²) in [4.78, 5) is 22.0. The van der Waals surface area contributed by atoms with E-state index < -0.39 is 11.9 Å². The number of rotatable bonds is 9. The number of carbonyl (C=O) groups excluding carboxylic acids is 1. The van der Waals surface area contributed by atoms with E-state index in [1.165, 1.54) is 0 Å². The van der Waals surface area contributed by atoms with Gasteiger partial charge in [-0.25, -0.2) is 0 Å². The van der Waals surface area contributed by atoms with Crippen LogP contribution in [0.4, 0.5) is 0 Å². The zero-order valence-electron chi connectivity index (χ0n) is 9.99. The lowest BCUT2D eigenvalue weighted by molar-refractivity contribution is -0.141. The van der Waals surface area contributed by atoms with Gasteiger partial charge < -0.3 is 10.4 Å². The Balaban J connectivity index is 3.59. The highest BCUT2D eigenvalue weighted by molar-refractivity contribution is 7.99. The van der Waals surface area contributed by atoms with Gasteiger partial charge in [0.05, 0.1) is 11.7 Å². The zero-order chi connectivity index (χ0) is 12.4. The van der Waals surface area contributed by atoms with Crippen molar-refractivity contribution in [1.29, 1.82) is 0 Å². The number of carboxylic acids is 1. The molecule has 1 atom stereocenters. The normalized spacial score (nSPS) is 12.1. The number of aliphatic carboxylic acids is 1. The second kappa shape index (κ2) is 9.51. The second-order valence-electron chi connectivity index (χ2n) is 3.65. The second-order valence-corrected chi connectivity index (χ2v) is 4.76. The van der Waals surface area contributed by atoms with Crippen LogP contribution in [0.2, 0.25) is 0 Å². The smallest absolute Gasteiger partial charge is 0.308 e. The summed E-state index contributed by atoms with van der Waals surface area (Å²) in [6.45, 7) is 4.15. The van der Waals surface area contributed by atoms with Gasteiger partial charge in [0.1, 0.15) is 0 Å². The lowest BCUT2D eigenvalue weighted by Crippen LogP contribution is -2.33. The Bertz CT molecular complexity index is 221. The number of nitrogens with one attached hydrogen (secondary N) is 1. The maximum atomic E-state index is 11.3. The predicted octanol–water partition coefficient (Wildman–Crippen LogP) is 1.75. The minimum atomic E-state index is -0.846. The molecule has 16 heavy (non-hydrogen) atoms. The van der Waals surface area contributed by atoms with E-state index in [0.29, 0.717) is 12.2 Å². The van der Waals surface area contributed by atoms with Gasteiger partial charge in [0.15, 0.2) is 0 Å². The zero-order valence-corrected chi connectivity index (χ0v) is 10.8. The Hall–Kier alpha value is -0.710. The van der Waals surface area contributed by atoms with E-state index in [1.807, 2.05) is 0 Å². The topological polar surface area (TPSA) is 66.4 Å². The first-order chi connectivity index (χ1) is 7.61. The van der Waals surface area contributed by atoms with Crippen molar-refractivity contribution in [2.75, 3.05) is 18.1 Å². The third-order valence-electron chi connectivity index (χ3n) is 2.26. The van der Waals surface area contributed by atoms with Gasteiger partial charge in [-0.1, -0.05) is 20.3 Å². The molecule has 0 saturated heterocycles. The highest BCUT2D eigenvalue weighted by Crippen LogP contribution is 2.04. The molecule has 2 N–H and O–H groups in total. The highest BCUT2D eigenvalue weighted by atomic mass is 32.2. The summed E-state index contributed by atoms with van der Waals surface area (Å²) in [6, 6.07) is 0. The van der Waals surface area contributed by atoms with Gasteiger partial charge in [0, 0.05) is 6.54 Å².